The molecule has 0 heterocycles. The highest BCUT2D eigenvalue weighted by Gasteiger charge is 2.24. The van der Waals surface area contributed by atoms with Gasteiger partial charge in [-0.2, -0.15) is 0 Å². The van der Waals surface area contributed by atoms with Crippen molar-refractivity contribution in [3.05, 3.63) is 60.7 Å². The Morgan fingerprint density at radius 1 is 0.950 bits per heavy atom. The lowest BCUT2D eigenvalue weighted by Crippen LogP contribution is -2.22. The topological polar surface area (TPSA) is 17.1 Å². The van der Waals surface area contributed by atoms with Crippen LogP contribution in [0.3, 0.4) is 0 Å². The first-order valence-electron chi connectivity index (χ1n) is 6.89. The zero-order valence-electron chi connectivity index (χ0n) is 11.7. The maximum atomic E-state index is 12.2. The van der Waals surface area contributed by atoms with Crippen molar-refractivity contribution in [3.8, 4) is 0 Å². The Morgan fingerprint density at radius 2 is 1.40 bits per heavy atom. The van der Waals surface area contributed by atoms with Gasteiger partial charge < -0.3 is 0 Å². The van der Waals surface area contributed by atoms with Crippen molar-refractivity contribution in [3.63, 3.8) is 0 Å². The Balaban J connectivity index is 2.44. The lowest BCUT2D eigenvalue weighted by Gasteiger charge is -2.22. The lowest BCUT2D eigenvalue weighted by atomic mass is 10.3. The summed E-state index contributed by atoms with van der Waals surface area (Å²) in [6.07, 6.45) is 2.00. The first-order chi connectivity index (χ1) is 9.66. The predicted molar refractivity (Wildman–Crippen MR) is 91.2 cm³/mol. The van der Waals surface area contributed by atoms with Gasteiger partial charge >= 0.3 is 0 Å². The van der Waals surface area contributed by atoms with E-state index in [1.165, 1.54) is 0 Å². The van der Waals surface area contributed by atoms with Gasteiger partial charge in [-0.25, -0.2) is 0 Å². The highest BCUT2D eigenvalue weighted by molar-refractivity contribution is 8.22. The quantitative estimate of drug-likeness (QED) is 0.760. The molecule has 3 heteroatoms. The van der Waals surface area contributed by atoms with E-state index in [1.54, 1.807) is 0 Å². The fourth-order valence-electron chi connectivity index (χ4n) is 2.28. The zero-order valence-corrected chi connectivity index (χ0v) is 13.4. The van der Waals surface area contributed by atoms with Crippen LogP contribution in [0.4, 0.5) is 0 Å². The van der Waals surface area contributed by atoms with Crippen LogP contribution in [0.5, 0.6) is 0 Å². The summed E-state index contributed by atoms with van der Waals surface area (Å²) in [7, 11) is 0. The molecule has 0 saturated carbocycles. The van der Waals surface area contributed by atoms with E-state index >= 15 is 0 Å². The summed E-state index contributed by atoms with van der Waals surface area (Å²) in [5.41, 5.74) is 0. The normalized spacial score (nSPS) is 11.2. The van der Waals surface area contributed by atoms with Crippen molar-refractivity contribution in [1.82, 2.24) is 0 Å². The van der Waals surface area contributed by atoms with E-state index in [4.69, 9.17) is 11.8 Å². The molecule has 0 atom stereocenters. The van der Waals surface area contributed by atoms with Gasteiger partial charge in [0, 0.05) is 18.6 Å². The molecule has 0 bridgehead atoms. The second kappa shape index (κ2) is 6.97. The number of ketones is 1. The van der Waals surface area contributed by atoms with Crippen LogP contribution in [0.1, 0.15) is 19.8 Å². The third kappa shape index (κ3) is 3.45. The van der Waals surface area contributed by atoms with Crippen molar-refractivity contribution in [1.29, 1.82) is 0 Å². The fraction of sp³-hybridized carbons (Fsp3) is 0.235. The van der Waals surface area contributed by atoms with Gasteiger partial charge in [0.05, 0.1) is 0 Å². The largest absolute Gasteiger partial charge is 0.299 e. The highest BCUT2D eigenvalue weighted by atomic mass is 32.4. The highest BCUT2D eigenvalue weighted by Crippen LogP contribution is 2.43. The molecule has 0 saturated heterocycles. The van der Waals surface area contributed by atoms with Crippen molar-refractivity contribution in [2.45, 2.75) is 19.8 Å². The average molecular weight is 302 g/mol. The van der Waals surface area contributed by atoms with Crippen LogP contribution in [0.25, 0.3) is 0 Å². The number of hydrogen-bond acceptors (Lipinski definition) is 2. The lowest BCUT2D eigenvalue weighted by molar-refractivity contribution is -0.116. The van der Waals surface area contributed by atoms with Crippen molar-refractivity contribution in [2.75, 3.05) is 6.16 Å². The maximum absolute atomic E-state index is 12.2. The van der Waals surface area contributed by atoms with Gasteiger partial charge in [-0.1, -0.05) is 79.4 Å². The van der Waals surface area contributed by atoms with E-state index in [0.29, 0.717) is 12.6 Å². The van der Waals surface area contributed by atoms with Gasteiger partial charge in [-0.3, -0.25) is 4.79 Å². The van der Waals surface area contributed by atoms with Gasteiger partial charge in [0.1, 0.15) is 5.78 Å². The summed E-state index contributed by atoms with van der Waals surface area (Å²) < 4.78 is 0. The van der Waals surface area contributed by atoms with E-state index in [1.807, 2.05) is 43.3 Å². The number of carbonyl (C=O) groups is 1. The minimum atomic E-state index is -2.03. The summed E-state index contributed by atoms with van der Waals surface area (Å²) in [4.78, 5) is 12.2. The van der Waals surface area contributed by atoms with Gasteiger partial charge in [-0.15, -0.1) is 0 Å². The van der Waals surface area contributed by atoms with Crippen molar-refractivity contribution in [2.24, 2.45) is 0 Å². The first kappa shape index (κ1) is 15.2. The second-order valence-corrected chi connectivity index (χ2v) is 9.56. The maximum Gasteiger partial charge on any atom is 0.138 e. The molecule has 0 aliphatic rings. The Morgan fingerprint density at radius 3 is 1.80 bits per heavy atom. The molecule has 1 nitrogen and oxygen atoms in total. The van der Waals surface area contributed by atoms with Gasteiger partial charge in [0.15, 0.2) is 0 Å². The second-order valence-electron chi connectivity index (χ2n) is 4.86. The molecule has 2 rings (SSSR count). The molecule has 0 aromatic heterocycles. The molecule has 0 aliphatic heterocycles. The summed E-state index contributed by atoms with van der Waals surface area (Å²) in [6.45, 7) is 2.03. The molecule has 2 aromatic rings. The van der Waals surface area contributed by atoms with Gasteiger partial charge in [-0.05, 0) is 17.0 Å². The standard InChI is InChI=1S/C17H19OPS/c1-2-9-15(18)14-19(20,16-10-5-3-6-11-16)17-12-7-4-8-13-17/h3-8,10-13H,2,9,14H2,1H3. The summed E-state index contributed by atoms with van der Waals surface area (Å²) in [5, 5.41) is 2.26. The smallest absolute Gasteiger partial charge is 0.138 e. The van der Waals surface area contributed by atoms with E-state index in [2.05, 4.69) is 24.3 Å². The van der Waals surface area contributed by atoms with Gasteiger partial charge in [0.25, 0.3) is 0 Å². The van der Waals surface area contributed by atoms with Crippen LogP contribution in [-0.2, 0) is 16.6 Å². The molecular formula is C17H19OPS. The number of hydrogen-bond donors (Lipinski definition) is 0. The summed E-state index contributed by atoms with van der Waals surface area (Å²) >= 11 is 6.02. The van der Waals surface area contributed by atoms with E-state index < -0.39 is 6.04 Å². The Hall–Kier alpha value is -1.24. The van der Waals surface area contributed by atoms with Crippen molar-refractivity contribution < 1.29 is 4.79 Å². The third-order valence-electron chi connectivity index (χ3n) is 3.27. The molecule has 20 heavy (non-hydrogen) atoms. The minimum Gasteiger partial charge on any atom is -0.299 e. The number of carbonyl (C=O) groups excluding carboxylic acids is 1. The van der Waals surface area contributed by atoms with Crippen LogP contribution in [-0.4, -0.2) is 11.9 Å². The average Bonchev–Trinajstić information content (AvgIpc) is 2.49. The number of benzene rings is 2. The molecule has 2 aromatic carbocycles. The molecule has 104 valence electrons. The summed E-state index contributed by atoms with van der Waals surface area (Å²) in [5.74, 6) is 0.281. The van der Waals surface area contributed by atoms with E-state index in [-0.39, 0.29) is 5.78 Å². The Labute approximate surface area is 126 Å². The van der Waals surface area contributed by atoms with Gasteiger partial charge in [0.2, 0.25) is 0 Å². The molecule has 0 spiro atoms. The van der Waals surface area contributed by atoms with E-state index in [9.17, 15) is 4.79 Å². The summed E-state index contributed by atoms with van der Waals surface area (Å²) in [6, 6.07) is 18.2. The Bertz CT molecular complexity index is 564. The van der Waals surface area contributed by atoms with Crippen LogP contribution in [0.15, 0.2) is 60.7 Å². The van der Waals surface area contributed by atoms with Crippen LogP contribution < -0.4 is 10.6 Å². The SMILES string of the molecule is CCCC(=O)CP(=S)(c1ccccc1)c1ccccc1. The monoisotopic (exact) mass is 302 g/mol. The molecule has 0 radical (unpaired) electrons. The zero-order chi connectivity index (χ0) is 14.4. The van der Waals surface area contributed by atoms with Crippen LogP contribution >= 0.6 is 6.04 Å². The van der Waals surface area contributed by atoms with Crippen LogP contribution in [0.2, 0.25) is 0 Å². The van der Waals surface area contributed by atoms with E-state index in [0.717, 1.165) is 17.0 Å². The number of Topliss-reactive ketones (excluding diaryl/α,β-unsaturated/α-hetero) is 1. The molecule has 0 fully saturated rings. The number of rotatable bonds is 6. The predicted octanol–water partition coefficient (Wildman–Crippen LogP) is 3.49. The Kier molecular flexibility index (Phi) is 5.28. The molecule has 0 aliphatic carbocycles. The molecule has 0 unspecified atom stereocenters. The molecule has 0 amide bonds. The molecule has 0 N–H and O–H groups in total. The van der Waals surface area contributed by atoms with Crippen molar-refractivity contribution >= 4 is 34.2 Å². The third-order valence-corrected chi connectivity index (χ3v) is 7.99. The first-order valence-corrected chi connectivity index (χ1v) is 9.87. The fourth-order valence-corrected chi connectivity index (χ4v) is 6.06. The molecular weight excluding hydrogens is 283 g/mol. The minimum absolute atomic E-state index is 0.281. The van der Waals surface area contributed by atoms with Crippen LogP contribution in [0, 0.1) is 0 Å².